The minimum atomic E-state index is 0. The number of hydrogen-bond donors (Lipinski definition) is 1. The average molecular weight is 209 g/mol. The largest absolute Gasteiger partial charge is 1.00 e. The molecule has 0 unspecified atom stereocenters. The second kappa shape index (κ2) is 4.81. The Kier molecular flexibility index (Phi) is 3.94. The smallest absolute Gasteiger partial charge is 1.00 e. The predicted molar refractivity (Wildman–Crippen MR) is 60.5 cm³/mol. The summed E-state index contributed by atoms with van der Waals surface area (Å²) in [5, 5.41) is 3.92. The Bertz CT molecular complexity index is 579. The zero-order valence-corrected chi connectivity index (χ0v) is 10.6. The zero-order chi connectivity index (χ0) is 8.67. The molecular weight excluding hydrogens is 197 g/mol. The second-order valence-electron chi connectivity index (χ2n) is 3.23. The molecule has 0 amide bonds. The van der Waals surface area contributed by atoms with E-state index in [0.717, 1.165) is 0 Å². The number of aromatic nitrogens is 1. The first-order valence-corrected chi connectivity index (χ1v) is 4.40. The van der Waals surface area contributed by atoms with Crippen LogP contribution in [0.25, 0.3) is 21.7 Å². The molecule has 72 valence electrons. The molecule has 2 nitrogen and oxygen atoms in total. The van der Waals surface area contributed by atoms with E-state index in [1.807, 2.05) is 6.20 Å². The number of H-pyrrole nitrogens is 1. The van der Waals surface area contributed by atoms with Crippen molar-refractivity contribution in [3.63, 3.8) is 0 Å². The molecule has 0 fully saturated rings. The standard InChI is InChI=1S/C12H9N.Na.H2O.H/c1-2-4-10-9(3-1)5-6-12-11(10)7-8-13-12;;;/h1-8,13H;;1H2;/q;+1;;-1. The molecule has 15 heavy (non-hydrogen) atoms. The molecule has 0 aliphatic rings. The van der Waals surface area contributed by atoms with Crippen LogP contribution in [0.15, 0.2) is 48.7 Å². The van der Waals surface area contributed by atoms with Crippen LogP contribution in [0.1, 0.15) is 1.43 Å². The van der Waals surface area contributed by atoms with Crippen LogP contribution in [0.3, 0.4) is 0 Å². The number of aromatic amines is 1. The molecule has 1 heterocycles. The van der Waals surface area contributed by atoms with Gasteiger partial charge in [-0.3, -0.25) is 0 Å². The van der Waals surface area contributed by atoms with Gasteiger partial charge in [0.2, 0.25) is 0 Å². The molecule has 0 radical (unpaired) electrons. The zero-order valence-electron chi connectivity index (χ0n) is 9.62. The van der Waals surface area contributed by atoms with Crippen molar-refractivity contribution in [1.29, 1.82) is 0 Å². The van der Waals surface area contributed by atoms with E-state index in [9.17, 15) is 0 Å². The summed E-state index contributed by atoms with van der Waals surface area (Å²) in [6, 6.07) is 14.8. The third-order valence-electron chi connectivity index (χ3n) is 2.46. The quantitative estimate of drug-likeness (QED) is 0.490. The Morgan fingerprint density at radius 1 is 0.867 bits per heavy atom. The molecule has 2 aromatic carbocycles. The van der Waals surface area contributed by atoms with Crippen LogP contribution in [-0.4, -0.2) is 10.5 Å². The fourth-order valence-corrected chi connectivity index (χ4v) is 1.82. The summed E-state index contributed by atoms with van der Waals surface area (Å²) in [4.78, 5) is 3.21. The molecule has 3 heteroatoms. The molecule has 3 aromatic rings. The predicted octanol–water partition coefficient (Wildman–Crippen LogP) is -0.387. The Hall–Kier alpha value is -0.800. The van der Waals surface area contributed by atoms with Crippen molar-refractivity contribution in [3.8, 4) is 0 Å². The van der Waals surface area contributed by atoms with E-state index in [4.69, 9.17) is 0 Å². The number of hydrogen-bond acceptors (Lipinski definition) is 0. The monoisotopic (exact) mass is 209 g/mol. The summed E-state index contributed by atoms with van der Waals surface area (Å²) in [5.41, 5.74) is 1.21. The molecule has 3 rings (SSSR count). The van der Waals surface area contributed by atoms with E-state index >= 15 is 0 Å². The Balaban J connectivity index is 0.000000750. The number of nitrogens with one attached hydrogen (secondary N) is 1. The minimum Gasteiger partial charge on any atom is -1.00 e. The van der Waals surface area contributed by atoms with Crippen molar-refractivity contribution in [2.45, 2.75) is 0 Å². The van der Waals surface area contributed by atoms with Gasteiger partial charge >= 0.3 is 29.6 Å². The summed E-state index contributed by atoms with van der Waals surface area (Å²) in [5.74, 6) is 0. The van der Waals surface area contributed by atoms with Gasteiger partial charge in [-0.1, -0.05) is 30.3 Å². The summed E-state index contributed by atoms with van der Waals surface area (Å²) >= 11 is 0. The maximum Gasteiger partial charge on any atom is 1.00 e. The molecule has 0 spiro atoms. The van der Waals surface area contributed by atoms with E-state index in [2.05, 4.69) is 47.4 Å². The van der Waals surface area contributed by atoms with Crippen LogP contribution in [0.4, 0.5) is 0 Å². The Morgan fingerprint density at radius 2 is 1.67 bits per heavy atom. The van der Waals surface area contributed by atoms with Gasteiger partial charge in [0.15, 0.2) is 0 Å². The van der Waals surface area contributed by atoms with Crippen LogP contribution >= 0.6 is 0 Å². The molecule has 3 N–H and O–H groups in total. The fourth-order valence-electron chi connectivity index (χ4n) is 1.82. The van der Waals surface area contributed by atoms with E-state index in [1.165, 1.54) is 21.7 Å². The second-order valence-corrected chi connectivity index (χ2v) is 3.23. The summed E-state index contributed by atoms with van der Waals surface area (Å²) in [6.07, 6.45) is 1.98. The van der Waals surface area contributed by atoms with Gasteiger partial charge in [0.1, 0.15) is 0 Å². The fraction of sp³-hybridized carbons (Fsp3) is 0. The maximum atomic E-state index is 3.21. The molecule has 0 aliphatic carbocycles. The van der Waals surface area contributed by atoms with Crippen molar-refractivity contribution >= 4 is 21.7 Å². The van der Waals surface area contributed by atoms with Crippen LogP contribution in [0.5, 0.6) is 0 Å². The molecule has 0 atom stereocenters. The third kappa shape index (κ3) is 1.94. The van der Waals surface area contributed by atoms with Gasteiger partial charge in [0.05, 0.1) is 0 Å². The Labute approximate surface area is 111 Å². The third-order valence-corrected chi connectivity index (χ3v) is 2.46. The summed E-state index contributed by atoms with van der Waals surface area (Å²) < 4.78 is 0. The molecule has 0 saturated carbocycles. The maximum absolute atomic E-state index is 3.21. The van der Waals surface area contributed by atoms with Crippen molar-refractivity contribution in [3.05, 3.63) is 48.7 Å². The van der Waals surface area contributed by atoms with Crippen LogP contribution in [0, 0.1) is 0 Å². The number of fused-ring (bicyclic) bond motifs is 3. The molecular formula is C12H12NNaO. The first kappa shape index (κ1) is 12.3. The van der Waals surface area contributed by atoms with Gasteiger partial charge in [-0.2, -0.15) is 0 Å². The minimum absolute atomic E-state index is 0. The first-order chi connectivity index (χ1) is 6.45. The van der Waals surface area contributed by atoms with Gasteiger partial charge in [0, 0.05) is 17.1 Å². The van der Waals surface area contributed by atoms with Gasteiger partial charge in [0.25, 0.3) is 0 Å². The molecule has 1 aromatic heterocycles. The summed E-state index contributed by atoms with van der Waals surface area (Å²) in [6.45, 7) is 0. The van der Waals surface area contributed by atoms with Crippen molar-refractivity contribution in [2.24, 2.45) is 0 Å². The van der Waals surface area contributed by atoms with Gasteiger partial charge < -0.3 is 11.9 Å². The SMILES string of the molecule is O.[H-].[Na+].c1ccc2c(c1)ccc1[nH]ccc12. The summed E-state index contributed by atoms with van der Waals surface area (Å²) in [7, 11) is 0. The average Bonchev–Trinajstić information content (AvgIpc) is 2.65. The molecule has 0 aliphatic heterocycles. The van der Waals surface area contributed by atoms with E-state index in [0.29, 0.717) is 0 Å². The van der Waals surface area contributed by atoms with Crippen LogP contribution in [0.2, 0.25) is 0 Å². The van der Waals surface area contributed by atoms with Crippen molar-refractivity contribution in [2.75, 3.05) is 0 Å². The van der Waals surface area contributed by atoms with Crippen molar-refractivity contribution in [1.82, 2.24) is 4.98 Å². The molecule has 0 bridgehead atoms. The van der Waals surface area contributed by atoms with Crippen LogP contribution in [-0.2, 0) is 0 Å². The normalized spacial score (nSPS) is 9.60. The van der Waals surface area contributed by atoms with Gasteiger partial charge in [-0.05, 0) is 22.9 Å². The van der Waals surface area contributed by atoms with Gasteiger partial charge in [-0.25, -0.2) is 0 Å². The first-order valence-electron chi connectivity index (χ1n) is 4.40. The topological polar surface area (TPSA) is 47.3 Å². The van der Waals surface area contributed by atoms with E-state index in [1.54, 1.807) is 0 Å². The molecule has 0 saturated heterocycles. The van der Waals surface area contributed by atoms with Gasteiger partial charge in [-0.15, -0.1) is 0 Å². The van der Waals surface area contributed by atoms with E-state index in [-0.39, 0.29) is 36.5 Å². The van der Waals surface area contributed by atoms with Crippen LogP contribution < -0.4 is 29.6 Å². The number of benzene rings is 2. The van der Waals surface area contributed by atoms with E-state index < -0.39 is 0 Å². The Morgan fingerprint density at radius 3 is 2.53 bits per heavy atom. The number of rotatable bonds is 0. The van der Waals surface area contributed by atoms with Crippen molar-refractivity contribution < 1.29 is 36.5 Å².